The SMILES string of the molecule is CC(=O)NCCNC(=O)Nc1ccc2nc[nH]c2c1. The normalized spacial score (nSPS) is 10.2. The van der Waals surface area contributed by atoms with Crippen molar-refractivity contribution in [1.82, 2.24) is 20.6 Å². The van der Waals surface area contributed by atoms with Crippen molar-refractivity contribution in [2.24, 2.45) is 0 Å². The zero-order valence-electron chi connectivity index (χ0n) is 10.5. The van der Waals surface area contributed by atoms with Crippen LogP contribution in [-0.2, 0) is 4.79 Å². The van der Waals surface area contributed by atoms with Crippen molar-refractivity contribution in [1.29, 1.82) is 0 Å². The highest BCUT2D eigenvalue weighted by atomic mass is 16.2. The lowest BCUT2D eigenvalue weighted by molar-refractivity contribution is -0.118. The van der Waals surface area contributed by atoms with Crippen LogP contribution in [0.5, 0.6) is 0 Å². The van der Waals surface area contributed by atoms with Gasteiger partial charge < -0.3 is 20.9 Å². The molecule has 19 heavy (non-hydrogen) atoms. The smallest absolute Gasteiger partial charge is 0.319 e. The maximum absolute atomic E-state index is 11.6. The van der Waals surface area contributed by atoms with Crippen molar-refractivity contribution in [3.63, 3.8) is 0 Å². The van der Waals surface area contributed by atoms with E-state index in [9.17, 15) is 9.59 Å². The van der Waals surface area contributed by atoms with Crippen LogP contribution in [-0.4, -0.2) is 35.0 Å². The molecule has 0 aliphatic heterocycles. The predicted octanol–water partition coefficient (Wildman–Crippen LogP) is 0.820. The van der Waals surface area contributed by atoms with Gasteiger partial charge in [-0.05, 0) is 18.2 Å². The van der Waals surface area contributed by atoms with E-state index in [1.165, 1.54) is 6.92 Å². The van der Waals surface area contributed by atoms with E-state index in [1.807, 2.05) is 6.07 Å². The molecule has 4 N–H and O–H groups in total. The van der Waals surface area contributed by atoms with Gasteiger partial charge in [-0.15, -0.1) is 0 Å². The Bertz CT molecular complexity index is 593. The van der Waals surface area contributed by atoms with E-state index in [1.54, 1.807) is 18.5 Å². The number of carbonyl (C=O) groups is 2. The number of urea groups is 1. The van der Waals surface area contributed by atoms with Gasteiger partial charge in [0.1, 0.15) is 0 Å². The van der Waals surface area contributed by atoms with E-state index in [0.29, 0.717) is 18.8 Å². The zero-order chi connectivity index (χ0) is 13.7. The van der Waals surface area contributed by atoms with Crippen LogP contribution in [0.1, 0.15) is 6.92 Å². The van der Waals surface area contributed by atoms with Gasteiger partial charge in [-0.1, -0.05) is 0 Å². The molecule has 0 aliphatic carbocycles. The van der Waals surface area contributed by atoms with Crippen molar-refractivity contribution in [3.8, 4) is 0 Å². The Kier molecular flexibility index (Phi) is 3.97. The number of H-pyrrole nitrogens is 1. The van der Waals surface area contributed by atoms with Crippen LogP contribution < -0.4 is 16.0 Å². The minimum Gasteiger partial charge on any atom is -0.355 e. The van der Waals surface area contributed by atoms with Crippen LogP contribution in [0.3, 0.4) is 0 Å². The number of rotatable bonds is 4. The van der Waals surface area contributed by atoms with Crippen molar-refractivity contribution in [3.05, 3.63) is 24.5 Å². The molecule has 1 heterocycles. The van der Waals surface area contributed by atoms with Gasteiger partial charge in [0.15, 0.2) is 0 Å². The molecule has 0 aliphatic rings. The lowest BCUT2D eigenvalue weighted by Gasteiger charge is -2.07. The molecule has 0 atom stereocenters. The van der Waals surface area contributed by atoms with Crippen molar-refractivity contribution in [2.75, 3.05) is 18.4 Å². The third kappa shape index (κ3) is 3.70. The fourth-order valence-electron chi connectivity index (χ4n) is 1.60. The van der Waals surface area contributed by atoms with Gasteiger partial charge in [0.2, 0.25) is 5.91 Å². The molecule has 7 heteroatoms. The maximum atomic E-state index is 11.6. The van der Waals surface area contributed by atoms with Crippen LogP contribution in [0, 0.1) is 0 Å². The summed E-state index contributed by atoms with van der Waals surface area (Å²) < 4.78 is 0. The summed E-state index contributed by atoms with van der Waals surface area (Å²) in [6.07, 6.45) is 1.60. The standard InChI is InChI=1S/C12H15N5O2/c1-8(18)13-4-5-14-12(19)17-9-2-3-10-11(6-9)16-7-15-10/h2-3,6-7H,4-5H2,1H3,(H,13,18)(H,15,16)(H2,14,17,19). The number of nitrogens with zero attached hydrogens (tertiary/aromatic N) is 1. The minimum absolute atomic E-state index is 0.119. The molecule has 0 radical (unpaired) electrons. The van der Waals surface area contributed by atoms with E-state index >= 15 is 0 Å². The topological polar surface area (TPSA) is 98.9 Å². The molecule has 7 nitrogen and oxygen atoms in total. The molecule has 0 spiro atoms. The van der Waals surface area contributed by atoms with E-state index in [4.69, 9.17) is 0 Å². The third-order valence-corrected chi connectivity index (χ3v) is 2.46. The Morgan fingerprint density at radius 1 is 1.26 bits per heavy atom. The van der Waals surface area contributed by atoms with E-state index in [-0.39, 0.29) is 11.9 Å². The Balaban J connectivity index is 1.82. The fraction of sp³-hybridized carbons (Fsp3) is 0.250. The second-order valence-electron chi connectivity index (χ2n) is 4.00. The third-order valence-electron chi connectivity index (χ3n) is 2.46. The van der Waals surface area contributed by atoms with Gasteiger partial charge in [0.05, 0.1) is 17.4 Å². The molecule has 2 rings (SSSR count). The summed E-state index contributed by atoms with van der Waals surface area (Å²) in [4.78, 5) is 29.3. The molecule has 3 amide bonds. The number of nitrogens with one attached hydrogen (secondary N) is 4. The van der Waals surface area contributed by atoms with Crippen molar-refractivity contribution in [2.45, 2.75) is 6.92 Å². The van der Waals surface area contributed by atoms with Crippen molar-refractivity contribution < 1.29 is 9.59 Å². The number of aromatic amines is 1. The number of anilines is 1. The Morgan fingerprint density at radius 3 is 2.84 bits per heavy atom. The van der Waals surface area contributed by atoms with Gasteiger partial charge in [0, 0.05) is 25.7 Å². The van der Waals surface area contributed by atoms with Crippen LogP contribution in [0.15, 0.2) is 24.5 Å². The van der Waals surface area contributed by atoms with Gasteiger partial charge in [0.25, 0.3) is 0 Å². The molecule has 0 saturated heterocycles. The Hall–Kier alpha value is -2.57. The molecule has 0 fully saturated rings. The van der Waals surface area contributed by atoms with E-state index in [0.717, 1.165) is 11.0 Å². The number of fused-ring (bicyclic) bond motifs is 1. The quantitative estimate of drug-likeness (QED) is 0.613. The molecule has 0 unspecified atom stereocenters. The second kappa shape index (κ2) is 5.85. The molecular weight excluding hydrogens is 246 g/mol. The summed E-state index contributed by atoms with van der Waals surface area (Å²) in [6, 6.07) is 5.08. The fourth-order valence-corrected chi connectivity index (χ4v) is 1.60. The maximum Gasteiger partial charge on any atom is 0.319 e. The van der Waals surface area contributed by atoms with Crippen LogP contribution in [0.2, 0.25) is 0 Å². The molecule has 100 valence electrons. The highest BCUT2D eigenvalue weighted by Crippen LogP contribution is 2.15. The first kappa shape index (κ1) is 12.9. The van der Waals surface area contributed by atoms with Gasteiger partial charge in [-0.3, -0.25) is 4.79 Å². The number of hydrogen-bond acceptors (Lipinski definition) is 3. The monoisotopic (exact) mass is 261 g/mol. The summed E-state index contributed by atoms with van der Waals surface area (Å²) >= 11 is 0. The van der Waals surface area contributed by atoms with Gasteiger partial charge >= 0.3 is 6.03 Å². The second-order valence-corrected chi connectivity index (χ2v) is 4.00. The average Bonchev–Trinajstić information content (AvgIpc) is 2.82. The number of benzene rings is 1. The van der Waals surface area contributed by atoms with E-state index in [2.05, 4.69) is 25.9 Å². The molecule has 2 aromatic rings. The number of aromatic nitrogens is 2. The van der Waals surface area contributed by atoms with Gasteiger partial charge in [-0.2, -0.15) is 0 Å². The van der Waals surface area contributed by atoms with Crippen LogP contribution in [0.25, 0.3) is 11.0 Å². The predicted molar refractivity (Wildman–Crippen MR) is 71.8 cm³/mol. The highest BCUT2D eigenvalue weighted by molar-refractivity contribution is 5.91. The largest absolute Gasteiger partial charge is 0.355 e. The van der Waals surface area contributed by atoms with E-state index < -0.39 is 0 Å². The minimum atomic E-state index is -0.316. The zero-order valence-corrected chi connectivity index (χ0v) is 10.5. The van der Waals surface area contributed by atoms with Crippen LogP contribution >= 0.6 is 0 Å². The summed E-state index contributed by atoms with van der Waals surface area (Å²) in [6.45, 7) is 2.21. The number of hydrogen-bond donors (Lipinski definition) is 4. The van der Waals surface area contributed by atoms with Gasteiger partial charge in [-0.25, -0.2) is 9.78 Å². The molecule has 0 saturated carbocycles. The first-order valence-corrected chi connectivity index (χ1v) is 5.87. The summed E-state index contributed by atoms with van der Waals surface area (Å²) in [7, 11) is 0. The average molecular weight is 261 g/mol. The summed E-state index contributed by atoms with van der Waals surface area (Å²) in [5.74, 6) is -0.119. The summed E-state index contributed by atoms with van der Waals surface area (Å²) in [5, 5.41) is 7.93. The van der Waals surface area contributed by atoms with Crippen LogP contribution in [0.4, 0.5) is 10.5 Å². The number of imidazole rings is 1. The lowest BCUT2D eigenvalue weighted by Crippen LogP contribution is -2.36. The molecule has 0 bridgehead atoms. The Labute approximate surface area is 109 Å². The molecular formula is C12H15N5O2. The number of amides is 3. The lowest BCUT2D eigenvalue weighted by atomic mass is 10.3. The first-order chi connectivity index (χ1) is 9.15. The summed E-state index contributed by atoms with van der Waals surface area (Å²) in [5.41, 5.74) is 2.38. The molecule has 1 aromatic heterocycles. The highest BCUT2D eigenvalue weighted by Gasteiger charge is 2.03. The first-order valence-electron chi connectivity index (χ1n) is 5.87. The Morgan fingerprint density at radius 2 is 2.05 bits per heavy atom. The van der Waals surface area contributed by atoms with Crippen molar-refractivity contribution >= 4 is 28.7 Å². The number of carbonyl (C=O) groups excluding carboxylic acids is 2. The molecule has 1 aromatic carbocycles.